The molecule has 0 amide bonds. The van der Waals surface area contributed by atoms with Gasteiger partial charge in [-0.25, -0.2) is 4.98 Å². The van der Waals surface area contributed by atoms with Gasteiger partial charge < -0.3 is 10.3 Å². The van der Waals surface area contributed by atoms with Crippen molar-refractivity contribution in [1.29, 1.82) is 0 Å². The molecule has 3 nitrogen and oxygen atoms in total. The van der Waals surface area contributed by atoms with Gasteiger partial charge in [0.25, 0.3) is 0 Å². The second-order valence-electron chi connectivity index (χ2n) is 3.95. The molecule has 0 aliphatic rings. The Balaban J connectivity index is 2.40. The molecule has 0 saturated carbocycles. The van der Waals surface area contributed by atoms with Crippen molar-refractivity contribution in [2.75, 3.05) is 0 Å². The highest BCUT2D eigenvalue weighted by Gasteiger charge is 2.05. The number of hydrogen-bond acceptors (Lipinski definition) is 2. The number of nitrogens with zero attached hydrogens (tertiary/aromatic N) is 2. The third kappa shape index (κ3) is 1.99. The zero-order valence-electron chi connectivity index (χ0n) is 9.72. The molecule has 1 aromatic carbocycles. The van der Waals surface area contributed by atoms with Gasteiger partial charge in [-0.05, 0) is 31.0 Å². The molecule has 1 atom stereocenters. The molecule has 0 spiro atoms. The van der Waals surface area contributed by atoms with E-state index in [0.717, 1.165) is 17.9 Å². The smallest absolute Gasteiger partial charge is 0.110 e. The molecule has 16 heavy (non-hydrogen) atoms. The Hall–Kier alpha value is -1.61. The molecule has 2 N–H and O–H groups in total. The first-order valence-electron chi connectivity index (χ1n) is 5.58. The van der Waals surface area contributed by atoms with Crippen molar-refractivity contribution < 1.29 is 0 Å². The van der Waals surface area contributed by atoms with E-state index < -0.39 is 0 Å². The van der Waals surface area contributed by atoms with Gasteiger partial charge in [0.1, 0.15) is 5.82 Å². The highest BCUT2D eigenvalue weighted by Crippen LogP contribution is 2.18. The minimum atomic E-state index is 0.115. The minimum absolute atomic E-state index is 0.115. The van der Waals surface area contributed by atoms with E-state index in [0.29, 0.717) is 0 Å². The van der Waals surface area contributed by atoms with Crippen LogP contribution < -0.4 is 5.73 Å². The van der Waals surface area contributed by atoms with Crippen LogP contribution in [0.2, 0.25) is 0 Å². The molecule has 0 radical (unpaired) electrons. The maximum absolute atomic E-state index is 6.03. The van der Waals surface area contributed by atoms with Gasteiger partial charge in [-0.15, -0.1) is 0 Å². The van der Waals surface area contributed by atoms with Crippen molar-refractivity contribution in [1.82, 2.24) is 9.55 Å². The zero-order valence-corrected chi connectivity index (χ0v) is 9.72. The van der Waals surface area contributed by atoms with Crippen LogP contribution in [0.15, 0.2) is 36.7 Å². The highest BCUT2D eigenvalue weighted by atomic mass is 15.1. The predicted molar refractivity (Wildman–Crippen MR) is 65.5 cm³/mol. The van der Waals surface area contributed by atoms with Gasteiger partial charge in [-0.2, -0.15) is 0 Å². The van der Waals surface area contributed by atoms with Crippen molar-refractivity contribution in [3.63, 3.8) is 0 Å². The number of aromatic nitrogens is 2. The van der Waals surface area contributed by atoms with Crippen LogP contribution in [-0.2, 0) is 0 Å². The molecule has 0 aliphatic carbocycles. The molecule has 3 heteroatoms. The average Bonchev–Trinajstić information content (AvgIpc) is 2.74. The molecular weight excluding hydrogens is 198 g/mol. The molecule has 2 aromatic rings. The van der Waals surface area contributed by atoms with Crippen LogP contribution in [0.5, 0.6) is 0 Å². The monoisotopic (exact) mass is 215 g/mol. The quantitative estimate of drug-likeness (QED) is 0.855. The Labute approximate surface area is 95.9 Å². The van der Waals surface area contributed by atoms with E-state index in [9.17, 15) is 0 Å². The van der Waals surface area contributed by atoms with Crippen LogP contribution in [0.1, 0.15) is 30.8 Å². The normalized spacial score (nSPS) is 12.7. The lowest BCUT2D eigenvalue weighted by atomic mass is 10.1. The summed E-state index contributed by atoms with van der Waals surface area (Å²) >= 11 is 0. The van der Waals surface area contributed by atoms with Crippen molar-refractivity contribution in [2.45, 2.75) is 26.3 Å². The predicted octanol–water partition coefficient (Wildman–Crippen LogP) is 2.59. The zero-order chi connectivity index (χ0) is 11.5. The topological polar surface area (TPSA) is 43.8 Å². The summed E-state index contributed by atoms with van der Waals surface area (Å²) in [6.45, 7) is 4.09. The van der Waals surface area contributed by atoms with Crippen molar-refractivity contribution in [2.24, 2.45) is 5.73 Å². The van der Waals surface area contributed by atoms with Gasteiger partial charge in [-0.3, -0.25) is 0 Å². The maximum atomic E-state index is 6.03. The van der Waals surface area contributed by atoms with Crippen LogP contribution in [-0.4, -0.2) is 9.55 Å². The second kappa shape index (κ2) is 4.49. The number of rotatable bonds is 3. The second-order valence-corrected chi connectivity index (χ2v) is 3.95. The summed E-state index contributed by atoms with van der Waals surface area (Å²) in [5.41, 5.74) is 8.33. The van der Waals surface area contributed by atoms with Gasteiger partial charge in [0.05, 0.1) is 0 Å². The van der Waals surface area contributed by atoms with Crippen molar-refractivity contribution in [3.8, 4) is 5.69 Å². The molecule has 0 fully saturated rings. The fraction of sp³-hybridized carbons (Fsp3) is 0.308. The van der Waals surface area contributed by atoms with Gasteiger partial charge in [-0.1, -0.05) is 19.1 Å². The lowest BCUT2D eigenvalue weighted by molar-refractivity contribution is 0.697. The average molecular weight is 215 g/mol. The summed E-state index contributed by atoms with van der Waals surface area (Å²) in [5.74, 6) is 0.988. The third-order valence-corrected chi connectivity index (χ3v) is 2.84. The molecule has 1 heterocycles. The third-order valence-electron chi connectivity index (χ3n) is 2.84. The highest BCUT2D eigenvalue weighted by molar-refractivity contribution is 5.38. The molecule has 1 unspecified atom stereocenters. The largest absolute Gasteiger partial charge is 0.324 e. The SMILES string of the molecule is CCC(N)c1cccc(-n2ccnc2C)c1. The summed E-state index contributed by atoms with van der Waals surface area (Å²) in [6.07, 6.45) is 4.72. The Morgan fingerprint density at radius 2 is 2.25 bits per heavy atom. The maximum Gasteiger partial charge on any atom is 0.110 e. The van der Waals surface area contributed by atoms with E-state index in [-0.39, 0.29) is 6.04 Å². The van der Waals surface area contributed by atoms with E-state index in [1.807, 2.05) is 25.4 Å². The van der Waals surface area contributed by atoms with E-state index in [1.165, 1.54) is 5.56 Å². The first-order chi connectivity index (χ1) is 7.72. The summed E-state index contributed by atoms with van der Waals surface area (Å²) in [6, 6.07) is 8.43. The number of nitrogens with two attached hydrogens (primary N) is 1. The fourth-order valence-electron chi connectivity index (χ4n) is 1.79. The Morgan fingerprint density at radius 1 is 1.44 bits per heavy atom. The van der Waals surface area contributed by atoms with E-state index in [2.05, 4.69) is 34.7 Å². The molecule has 0 bridgehead atoms. The Morgan fingerprint density at radius 3 is 2.88 bits per heavy atom. The summed E-state index contributed by atoms with van der Waals surface area (Å²) in [7, 11) is 0. The molecule has 0 aliphatic heterocycles. The van der Waals surface area contributed by atoms with Gasteiger partial charge in [0, 0.05) is 24.1 Å². The molecular formula is C13H17N3. The minimum Gasteiger partial charge on any atom is -0.324 e. The first-order valence-corrected chi connectivity index (χ1v) is 5.58. The van der Waals surface area contributed by atoms with Crippen LogP contribution in [0.25, 0.3) is 5.69 Å². The number of hydrogen-bond donors (Lipinski definition) is 1. The van der Waals surface area contributed by atoms with E-state index in [4.69, 9.17) is 5.73 Å². The molecule has 84 valence electrons. The number of benzene rings is 1. The van der Waals surface area contributed by atoms with Gasteiger partial charge >= 0.3 is 0 Å². The van der Waals surface area contributed by atoms with Crippen LogP contribution in [0.4, 0.5) is 0 Å². The van der Waals surface area contributed by atoms with Gasteiger partial charge in [0.2, 0.25) is 0 Å². The molecule has 2 rings (SSSR count). The van der Waals surface area contributed by atoms with E-state index >= 15 is 0 Å². The first kappa shape index (κ1) is 10.9. The summed E-state index contributed by atoms with van der Waals surface area (Å²) < 4.78 is 2.06. The fourth-order valence-corrected chi connectivity index (χ4v) is 1.79. The summed E-state index contributed by atoms with van der Waals surface area (Å²) in [4.78, 5) is 4.22. The Kier molecular flexibility index (Phi) is 3.06. The van der Waals surface area contributed by atoms with Gasteiger partial charge in [0.15, 0.2) is 0 Å². The molecule has 1 aromatic heterocycles. The number of aryl methyl sites for hydroxylation is 1. The van der Waals surface area contributed by atoms with Crippen molar-refractivity contribution in [3.05, 3.63) is 48.0 Å². The molecule has 0 saturated heterocycles. The van der Waals surface area contributed by atoms with Crippen LogP contribution in [0.3, 0.4) is 0 Å². The van der Waals surface area contributed by atoms with Crippen molar-refractivity contribution >= 4 is 0 Å². The lowest BCUT2D eigenvalue weighted by Crippen LogP contribution is -2.09. The number of imidazole rings is 1. The summed E-state index contributed by atoms with van der Waals surface area (Å²) in [5, 5.41) is 0. The van der Waals surface area contributed by atoms with E-state index in [1.54, 1.807) is 0 Å². The van der Waals surface area contributed by atoms with Crippen LogP contribution in [0, 0.1) is 6.92 Å². The van der Waals surface area contributed by atoms with Crippen LogP contribution >= 0.6 is 0 Å². The Bertz CT molecular complexity index is 474. The standard InChI is InChI=1S/C13H17N3/c1-3-13(14)11-5-4-6-12(9-11)16-8-7-15-10(16)2/h4-9,13H,3,14H2,1-2H3. The lowest BCUT2D eigenvalue weighted by Gasteiger charge is -2.12.